The van der Waals surface area contributed by atoms with Crippen LogP contribution in [0.3, 0.4) is 0 Å². The van der Waals surface area contributed by atoms with Crippen LogP contribution in [-0.2, 0) is 9.47 Å². The quantitative estimate of drug-likeness (QED) is 0.548. The van der Waals surface area contributed by atoms with Gasteiger partial charge in [-0.25, -0.2) is 4.79 Å². The molecule has 18 heavy (non-hydrogen) atoms. The first-order chi connectivity index (χ1) is 8.72. The second-order valence-corrected chi connectivity index (χ2v) is 4.27. The van der Waals surface area contributed by atoms with Gasteiger partial charge >= 0.3 is 5.97 Å². The summed E-state index contributed by atoms with van der Waals surface area (Å²) in [5, 5.41) is 8.51. The Kier molecular flexibility index (Phi) is 4.22. The highest BCUT2D eigenvalue weighted by Crippen LogP contribution is 2.37. The fourth-order valence-corrected chi connectivity index (χ4v) is 1.75. The Hall–Kier alpha value is -1.53. The number of ether oxygens (including phenoxy) is 2. The summed E-state index contributed by atoms with van der Waals surface area (Å²) >= 11 is 0. The summed E-state index contributed by atoms with van der Waals surface area (Å²) in [5.74, 6) is -0.383. The van der Waals surface area contributed by atoms with Crippen molar-refractivity contribution in [3.8, 4) is 0 Å². The summed E-state index contributed by atoms with van der Waals surface area (Å²) in [6.45, 7) is 0.679. The van der Waals surface area contributed by atoms with E-state index in [2.05, 4.69) is 0 Å². The minimum atomic E-state index is -0.383. The predicted molar refractivity (Wildman–Crippen MR) is 65.3 cm³/mol. The summed E-state index contributed by atoms with van der Waals surface area (Å²) in [6, 6.07) is 2.02. The summed E-state index contributed by atoms with van der Waals surface area (Å²) in [6.07, 6.45) is 3.93. The average Bonchev–Trinajstić information content (AvgIpc) is 3.12. The van der Waals surface area contributed by atoms with Crippen LogP contribution >= 0.6 is 0 Å². The first-order valence-corrected chi connectivity index (χ1v) is 6.05. The zero-order chi connectivity index (χ0) is 13.0. The monoisotopic (exact) mass is 254 g/mol. The lowest BCUT2D eigenvalue weighted by molar-refractivity contribution is 0.0249. The molecule has 0 atom stereocenters. The van der Waals surface area contributed by atoms with Gasteiger partial charge in [0.1, 0.15) is 12.3 Å². The Labute approximate surface area is 105 Å². The Bertz CT molecular complexity index is 412. The molecule has 1 saturated carbocycles. The molecule has 0 saturated heterocycles. The number of aromatic nitrogens is 1. The molecule has 0 radical (unpaired) electrons. The second kappa shape index (κ2) is 5.88. The predicted octanol–water partition coefficient (Wildman–Crippen LogP) is 0.571. The van der Waals surface area contributed by atoms with Crippen LogP contribution in [-0.4, -0.2) is 42.1 Å². The van der Waals surface area contributed by atoms with Crippen molar-refractivity contribution in [2.24, 2.45) is 0 Å². The number of nitrogens with zero attached hydrogens (tertiary/aromatic N) is 1. The number of carbonyl (C=O) groups is 1. The molecular formula is C12H18N2O4. The summed E-state index contributed by atoms with van der Waals surface area (Å²) in [7, 11) is 0. The number of nitrogens with two attached hydrogens (primary N) is 1. The number of rotatable bonds is 7. The van der Waals surface area contributed by atoms with E-state index in [1.165, 1.54) is 0 Å². The topological polar surface area (TPSA) is 86.7 Å². The maximum Gasteiger partial charge on any atom is 0.355 e. The number of anilines is 1. The third kappa shape index (κ3) is 3.24. The number of nitrogen functional groups attached to an aromatic ring is 1. The Morgan fingerprint density at radius 2 is 2.22 bits per heavy atom. The van der Waals surface area contributed by atoms with Crippen molar-refractivity contribution in [3.63, 3.8) is 0 Å². The third-order valence-electron chi connectivity index (χ3n) is 2.72. The van der Waals surface area contributed by atoms with Gasteiger partial charge in [-0.2, -0.15) is 0 Å². The first kappa shape index (κ1) is 12.9. The number of hydrogen-bond acceptors (Lipinski definition) is 5. The molecule has 6 nitrogen and oxygen atoms in total. The van der Waals surface area contributed by atoms with Crippen molar-refractivity contribution in [2.45, 2.75) is 18.9 Å². The van der Waals surface area contributed by atoms with Crippen LogP contribution in [0.15, 0.2) is 12.3 Å². The van der Waals surface area contributed by atoms with Crippen LogP contribution in [0.1, 0.15) is 29.4 Å². The third-order valence-corrected chi connectivity index (χ3v) is 2.72. The van der Waals surface area contributed by atoms with Gasteiger partial charge in [0.25, 0.3) is 0 Å². The van der Waals surface area contributed by atoms with E-state index < -0.39 is 0 Å². The molecule has 3 N–H and O–H groups in total. The average molecular weight is 254 g/mol. The molecule has 0 aliphatic heterocycles. The van der Waals surface area contributed by atoms with Gasteiger partial charge in [0.2, 0.25) is 0 Å². The molecule has 2 rings (SSSR count). The van der Waals surface area contributed by atoms with Crippen LogP contribution in [0, 0.1) is 0 Å². The summed E-state index contributed by atoms with van der Waals surface area (Å²) < 4.78 is 12.0. The van der Waals surface area contributed by atoms with Gasteiger partial charge in [0.15, 0.2) is 0 Å². The van der Waals surface area contributed by atoms with Crippen LogP contribution in [0.25, 0.3) is 0 Å². The number of hydrogen-bond donors (Lipinski definition) is 2. The molecule has 0 aromatic carbocycles. The molecule has 0 amide bonds. The van der Waals surface area contributed by atoms with E-state index in [4.69, 9.17) is 20.3 Å². The standard InChI is InChI=1S/C12H18N2O4/c13-9-7-11(14(8-9)10-1-2-10)12(16)18-6-5-17-4-3-15/h7-8,10,15H,1-6,13H2. The molecule has 100 valence electrons. The molecule has 6 heteroatoms. The van der Waals surface area contributed by atoms with E-state index in [0.717, 1.165) is 12.8 Å². The molecule has 0 spiro atoms. The van der Waals surface area contributed by atoms with Crippen LogP contribution in [0.2, 0.25) is 0 Å². The van der Waals surface area contributed by atoms with E-state index in [9.17, 15) is 4.79 Å². The van der Waals surface area contributed by atoms with E-state index >= 15 is 0 Å². The second-order valence-electron chi connectivity index (χ2n) is 4.27. The molecule has 1 aromatic rings. The lowest BCUT2D eigenvalue weighted by Gasteiger charge is -2.08. The van der Waals surface area contributed by atoms with E-state index in [1.807, 2.05) is 4.57 Å². The van der Waals surface area contributed by atoms with Gasteiger partial charge < -0.3 is 24.9 Å². The number of esters is 1. The Morgan fingerprint density at radius 1 is 1.44 bits per heavy atom. The molecule has 0 unspecified atom stereocenters. The van der Waals surface area contributed by atoms with Crippen molar-refractivity contribution in [2.75, 3.05) is 32.2 Å². The highest BCUT2D eigenvalue weighted by molar-refractivity contribution is 5.89. The smallest absolute Gasteiger partial charge is 0.355 e. The molecule has 1 aliphatic rings. The van der Waals surface area contributed by atoms with Crippen molar-refractivity contribution in [3.05, 3.63) is 18.0 Å². The highest BCUT2D eigenvalue weighted by atomic mass is 16.6. The lowest BCUT2D eigenvalue weighted by Crippen LogP contribution is -2.15. The first-order valence-electron chi connectivity index (χ1n) is 6.05. The number of carbonyl (C=O) groups excluding carboxylic acids is 1. The lowest BCUT2D eigenvalue weighted by atomic mass is 10.4. The highest BCUT2D eigenvalue weighted by Gasteiger charge is 2.28. The van der Waals surface area contributed by atoms with Crippen molar-refractivity contribution in [1.82, 2.24) is 4.57 Å². The zero-order valence-corrected chi connectivity index (χ0v) is 10.2. The maximum absolute atomic E-state index is 11.8. The van der Waals surface area contributed by atoms with E-state index in [-0.39, 0.29) is 32.4 Å². The van der Waals surface area contributed by atoms with Crippen molar-refractivity contribution >= 4 is 11.7 Å². The van der Waals surface area contributed by atoms with E-state index in [0.29, 0.717) is 17.4 Å². The molecule has 1 aromatic heterocycles. The maximum atomic E-state index is 11.8. The normalized spacial score (nSPS) is 14.7. The van der Waals surface area contributed by atoms with Gasteiger partial charge in [0.05, 0.1) is 25.5 Å². The van der Waals surface area contributed by atoms with Gasteiger partial charge in [-0.05, 0) is 18.9 Å². The Balaban J connectivity index is 1.84. The van der Waals surface area contributed by atoms with Crippen LogP contribution in [0.4, 0.5) is 5.69 Å². The fraction of sp³-hybridized carbons (Fsp3) is 0.583. The summed E-state index contributed by atoms with van der Waals surface area (Å²) in [4.78, 5) is 11.8. The van der Waals surface area contributed by atoms with Crippen LogP contribution in [0.5, 0.6) is 0 Å². The fourth-order valence-electron chi connectivity index (χ4n) is 1.75. The number of aliphatic hydroxyl groups is 1. The van der Waals surface area contributed by atoms with Gasteiger partial charge in [0, 0.05) is 12.2 Å². The van der Waals surface area contributed by atoms with Gasteiger partial charge in [-0.15, -0.1) is 0 Å². The largest absolute Gasteiger partial charge is 0.459 e. The molecule has 1 aliphatic carbocycles. The van der Waals surface area contributed by atoms with Gasteiger partial charge in [-0.1, -0.05) is 0 Å². The zero-order valence-electron chi connectivity index (χ0n) is 10.2. The number of aliphatic hydroxyl groups excluding tert-OH is 1. The van der Waals surface area contributed by atoms with Crippen molar-refractivity contribution in [1.29, 1.82) is 0 Å². The summed E-state index contributed by atoms with van der Waals surface area (Å²) in [5.41, 5.74) is 6.77. The minimum Gasteiger partial charge on any atom is -0.459 e. The molecule has 1 fully saturated rings. The Morgan fingerprint density at radius 3 is 2.89 bits per heavy atom. The van der Waals surface area contributed by atoms with Gasteiger partial charge in [-0.3, -0.25) is 0 Å². The molecule has 1 heterocycles. The SMILES string of the molecule is Nc1cc(C(=O)OCCOCCO)n(C2CC2)c1. The van der Waals surface area contributed by atoms with E-state index in [1.54, 1.807) is 12.3 Å². The van der Waals surface area contributed by atoms with Crippen molar-refractivity contribution < 1.29 is 19.4 Å². The minimum absolute atomic E-state index is 0.0327. The molecule has 0 bridgehead atoms. The van der Waals surface area contributed by atoms with Crippen LogP contribution < -0.4 is 5.73 Å². The molecular weight excluding hydrogens is 236 g/mol.